The second-order valence-corrected chi connectivity index (χ2v) is 6.42. The van der Waals surface area contributed by atoms with Crippen molar-refractivity contribution in [3.63, 3.8) is 0 Å². The van der Waals surface area contributed by atoms with E-state index in [1.165, 1.54) is 12.4 Å². The molecule has 0 spiro atoms. The molecule has 1 unspecified atom stereocenters. The number of aromatic nitrogens is 2. The number of nitrogens with one attached hydrogen (secondary N) is 2. The van der Waals surface area contributed by atoms with Gasteiger partial charge in [-0.05, 0) is 25.9 Å². The lowest BCUT2D eigenvalue weighted by Gasteiger charge is -2.12. The highest BCUT2D eigenvalue weighted by atomic mass is 32.2. The Bertz CT molecular complexity index is 517. The zero-order chi connectivity index (χ0) is 13.9. The number of hydrazine groups is 1. The maximum absolute atomic E-state index is 12.0. The van der Waals surface area contributed by atoms with E-state index in [-0.39, 0.29) is 10.8 Å². The third-order valence-electron chi connectivity index (χ3n) is 3.12. The molecule has 1 atom stereocenters. The molecule has 0 aliphatic carbocycles. The molecule has 1 saturated heterocycles. The molecule has 1 aromatic rings. The summed E-state index contributed by atoms with van der Waals surface area (Å²) in [5.74, 6) is 5.65. The lowest BCUT2D eigenvalue weighted by atomic mass is 10.1. The Hall–Kier alpha value is -1.29. The van der Waals surface area contributed by atoms with Crippen LogP contribution in [0.4, 0.5) is 5.95 Å². The SMILES string of the molecule is CN1CCC(CNS(=O)(=O)c2cnc(NN)nc2)C1. The van der Waals surface area contributed by atoms with Crippen LogP contribution in [-0.4, -0.2) is 50.0 Å². The number of hydrogen-bond donors (Lipinski definition) is 3. The molecule has 0 bridgehead atoms. The van der Waals surface area contributed by atoms with Gasteiger partial charge >= 0.3 is 0 Å². The van der Waals surface area contributed by atoms with E-state index >= 15 is 0 Å². The molecule has 0 radical (unpaired) electrons. The zero-order valence-electron chi connectivity index (χ0n) is 10.7. The van der Waals surface area contributed by atoms with Crippen molar-refractivity contribution >= 4 is 16.0 Å². The summed E-state index contributed by atoms with van der Waals surface area (Å²) >= 11 is 0. The fourth-order valence-corrected chi connectivity index (χ4v) is 3.04. The number of nitrogens with two attached hydrogens (primary N) is 1. The highest BCUT2D eigenvalue weighted by Crippen LogP contribution is 2.14. The highest BCUT2D eigenvalue weighted by molar-refractivity contribution is 7.89. The minimum absolute atomic E-state index is 0.0397. The molecule has 0 aromatic carbocycles. The van der Waals surface area contributed by atoms with Crippen LogP contribution < -0.4 is 16.0 Å². The molecular formula is C10H18N6O2S. The van der Waals surface area contributed by atoms with Crippen molar-refractivity contribution in [2.24, 2.45) is 11.8 Å². The second-order valence-electron chi connectivity index (χ2n) is 4.66. The van der Waals surface area contributed by atoms with Crippen molar-refractivity contribution in [1.82, 2.24) is 19.6 Å². The zero-order valence-corrected chi connectivity index (χ0v) is 11.5. The Morgan fingerprint density at radius 1 is 1.47 bits per heavy atom. The largest absolute Gasteiger partial charge is 0.306 e. The average molecular weight is 286 g/mol. The predicted octanol–water partition coefficient (Wildman–Crippen LogP) is -1.01. The molecule has 1 aliphatic heterocycles. The molecular weight excluding hydrogens is 268 g/mol. The number of nitrogen functional groups attached to an aromatic ring is 1. The minimum Gasteiger partial charge on any atom is -0.306 e. The van der Waals surface area contributed by atoms with Gasteiger partial charge in [-0.2, -0.15) is 0 Å². The van der Waals surface area contributed by atoms with Crippen molar-refractivity contribution in [3.05, 3.63) is 12.4 Å². The van der Waals surface area contributed by atoms with Gasteiger partial charge in [-0.1, -0.05) is 0 Å². The Kier molecular flexibility index (Phi) is 4.30. The van der Waals surface area contributed by atoms with Gasteiger partial charge in [-0.15, -0.1) is 0 Å². The highest BCUT2D eigenvalue weighted by Gasteiger charge is 2.22. The normalized spacial score (nSPS) is 20.6. The van der Waals surface area contributed by atoms with E-state index in [9.17, 15) is 8.42 Å². The van der Waals surface area contributed by atoms with Gasteiger partial charge < -0.3 is 4.90 Å². The lowest BCUT2D eigenvalue weighted by molar-refractivity contribution is 0.394. The molecule has 19 heavy (non-hydrogen) atoms. The van der Waals surface area contributed by atoms with Crippen molar-refractivity contribution in [2.75, 3.05) is 32.1 Å². The van der Waals surface area contributed by atoms with Crippen LogP contribution in [-0.2, 0) is 10.0 Å². The van der Waals surface area contributed by atoms with Gasteiger partial charge in [0.25, 0.3) is 0 Å². The van der Waals surface area contributed by atoms with Crippen LogP contribution in [0.15, 0.2) is 17.3 Å². The quantitative estimate of drug-likeness (QED) is 0.469. The summed E-state index contributed by atoms with van der Waals surface area (Å²) < 4.78 is 26.6. The molecule has 1 fully saturated rings. The monoisotopic (exact) mass is 286 g/mol. The molecule has 8 nitrogen and oxygen atoms in total. The van der Waals surface area contributed by atoms with Gasteiger partial charge in [0.15, 0.2) is 0 Å². The molecule has 2 heterocycles. The molecule has 0 amide bonds. The molecule has 1 aliphatic rings. The van der Waals surface area contributed by atoms with E-state index in [2.05, 4.69) is 25.0 Å². The smallest absolute Gasteiger partial charge is 0.243 e. The van der Waals surface area contributed by atoms with Crippen molar-refractivity contribution in [1.29, 1.82) is 0 Å². The topological polar surface area (TPSA) is 113 Å². The van der Waals surface area contributed by atoms with E-state index in [0.717, 1.165) is 19.5 Å². The lowest BCUT2D eigenvalue weighted by Crippen LogP contribution is -2.30. The first-order valence-electron chi connectivity index (χ1n) is 5.98. The summed E-state index contributed by atoms with van der Waals surface area (Å²) in [5, 5.41) is 0. The van der Waals surface area contributed by atoms with Crippen LogP contribution in [0.3, 0.4) is 0 Å². The number of sulfonamides is 1. The van der Waals surface area contributed by atoms with Gasteiger partial charge in [0.05, 0.1) is 12.4 Å². The van der Waals surface area contributed by atoms with Gasteiger partial charge in [-0.3, -0.25) is 5.43 Å². The van der Waals surface area contributed by atoms with Crippen molar-refractivity contribution in [2.45, 2.75) is 11.3 Å². The average Bonchev–Trinajstić information content (AvgIpc) is 2.82. The van der Waals surface area contributed by atoms with Crippen LogP contribution in [0, 0.1) is 5.92 Å². The van der Waals surface area contributed by atoms with Crippen LogP contribution in [0.1, 0.15) is 6.42 Å². The fourth-order valence-electron chi connectivity index (χ4n) is 2.03. The van der Waals surface area contributed by atoms with Gasteiger partial charge in [0, 0.05) is 13.1 Å². The van der Waals surface area contributed by atoms with E-state index in [0.29, 0.717) is 12.5 Å². The van der Waals surface area contributed by atoms with E-state index in [4.69, 9.17) is 5.84 Å². The van der Waals surface area contributed by atoms with Gasteiger partial charge in [0.1, 0.15) is 4.90 Å². The minimum atomic E-state index is -3.55. The van der Waals surface area contributed by atoms with E-state index in [1.807, 2.05) is 7.05 Å². The predicted molar refractivity (Wildman–Crippen MR) is 70.6 cm³/mol. The van der Waals surface area contributed by atoms with E-state index < -0.39 is 10.0 Å². The maximum Gasteiger partial charge on any atom is 0.243 e. The van der Waals surface area contributed by atoms with Crippen LogP contribution in [0.5, 0.6) is 0 Å². The number of likely N-dealkylation sites (tertiary alicyclic amines) is 1. The molecule has 2 rings (SSSR count). The standard InChI is InChI=1S/C10H18N6O2S/c1-16-3-2-8(7-16)4-14-19(17,18)9-5-12-10(15-11)13-6-9/h5-6,8,14H,2-4,7,11H2,1H3,(H,12,13,15). The number of nitrogens with zero attached hydrogens (tertiary/aromatic N) is 3. The summed E-state index contributed by atoms with van der Waals surface area (Å²) in [6.45, 7) is 2.35. The van der Waals surface area contributed by atoms with Gasteiger partial charge in [-0.25, -0.2) is 29.0 Å². The summed E-state index contributed by atoms with van der Waals surface area (Å²) in [6, 6.07) is 0. The first-order valence-corrected chi connectivity index (χ1v) is 7.46. The maximum atomic E-state index is 12.0. The summed E-state index contributed by atoms with van der Waals surface area (Å²) in [7, 11) is -1.52. The fraction of sp³-hybridized carbons (Fsp3) is 0.600. The Morgan fingerprint density at radius 3 is 2.68 bits per heavy atom. The molecule has 0 saturated carbocycles. The van der Waals surface area contributed by atoms with Crippen molar-refractivity contribution in [3.8, 4) is 0 Å². The molecule has 1 aromatic heterocycles. The van der Waals surface area contributed by atoms with Gasteiger partial charge in [0.2, 0.25) is 16.0 Å². The first kappa shape index (κ1) is 14.1. The Morgan fingerprint density at radius 2 is 2.16 bits per heavy atom. The molecule has 106 valence electrons. The third-order valence-corrected chi connectivity index (χ3v) is 4.50. The summed E-state index contributed by atoms with van der Waals surface area (Å²) in [4.78, 5) is 9.79. The number of rotatable bonds is 5. The summed E-state index contributed by atoms with van der Waals surface area (Å²) in [6.07, 6.45) is 3.46. The van der Waals surface area contributed by atoms with Crippen LogP contribution in [0.2, 0.25) is 0 Å². The van der Waals surface area contributed by atoms with E-state index in [1.54, 1.807) is 0 Å². The summed E-state index contributed by atoms with van der Waals surface area (Å²) in [5.41, 5.74) is 2.24. The Balaban J connectivity index is 1.97. The first-order chi connectivity index (χ1) is 9.01. The molecule has 4 N–H and O–H groups in total. The molecule has 9 heteroatoms. The second kappa shape index (κ2) is 5.78. The van der Waals surface area contributed by atoms with Crippen LogP contribution >= 0.6 is 0 Å². The number of hydrogen-bond acceptors (Lipinski definition) is 7. The van der Waals surface area contributed by atoms with Crippen molar-refractivity contribution < 1.29 is 8.42 Å². The third kappa shape index (κ3) is 3.60. The number of anilines is 1. The Labute approximate surface area is 112 Å². The van der Waals surface area contributed by atoms with Crippen LogP contribution in [0.25, 0.3) is 0 Å².